The molecule has 0 fully saturated rings. The van der Waals surface area contributed by atoms with E-state index in [2.05, 4.69) is 15.8 Å². The van der Waals surface area contributed by atoms with Crippen LogP contribution in [0.1, 0.15) is 10.5 Å². The van der Waals surface area contributed by atoms with Crippen molar-refractivity contribution >= 4 is 23.2 Å². The number of pyridine rings is 1. The summed E-state index contributed by atoms with van der Waals surface area (Å²) in [5.74, 6) is 0.191. The molecule has 0 spiro atoms. The number of anilines is 1. The van der Waals surface area contributed by atoms with Crippen LogP contribution < -0.4 is 15.6 Å². The van der Waals surface area contributed by atoms with Gasteiger partial charge in [-0.25, -0.2) is 5.48 Å². The van der Waals surface area contributed by atoms with Crippen LogP contribution in [0.4, 0.5) is 5.69 Å². The van der Waals surface area contributed by atoms with E-state index >= 15 is 0 Å². The largest absolute Gasteiger partial charge is 0.382 e. The average molecular weight is 278 g/mol. The quantitative estimate of drug-likeness (QED) is 0.843. The Labute approximate surface area is 115 Å². The van der Waals surface area contributed by atoms with Gasteiger partial charge in [0.2, 0.25) is 0 Å². The lowest BCUT2D eigenvalue weighted by molar-refractivity contribution is 0.0958. The highest BCUT2D eigenvalue weighted by molar-refractivity contribution is 6.33. The molecule has 1 aromatic heterocycles. The highest BCUT2D eigenvalue weighted by atomic mass is 35.5. The van der Waals surface area contributed by atoms with Crippen molar-refractivity contribution in [1.82, 2.24) is 10.3 Å². The zero-order valence-corrected chi connectivity index (χ0v) is 10.9. The maximum Gasteiger partial charge on any atom is 0.269 e. The molecule has 0 aliphatic rings. The Bertz CT molecular complexity index is 590. The zero-order chi connectivity index (χ0) is 13.7. The van der Waals surface area contributed by atoms with Crippen LogP contribution in [0.3, 0.4) is 0 Å². The molecule has 1 aromatic carbocycles. The first-order valence-electron chi connectivity index (χ1n) is 5.56. The number of halogens is 1. The number of hydrogen-bond donors (Lipinski definition) is 2. The van der Waals surface area contributed by atoms with Gasteiger partial charge in [-0.1, -0.05) is 23.7 Å². The van der Waals surface area contributed by atoms with Crippen molar-refractivity contribution in [2.45, 2.75) is 0 Å². The molecule has 2 N–H and O–H groups in total. The minimum Gasteiger partial charge on any atom is -0.382 e. The number of carbonyl (C=O) groups is 1. The van der Waals surface area contributed by atoms with Crippen LogP contribution in [-0.4, -0.2) is 17.9 Å². The average Bonchev–Trinajstić information content (AvgIpc) is 2.46. The number of carbonyl (C=O) groups excluding carboxylic acids is 1. The zero-order valence-electron chi connectivity index (χ0n) is 10.2. The molecule has 0 aliphatic heterocycles. The third-order valence-electron chi connectivity index (χ3n) is 2.34. The van der Waals surface area contributed by atoms with Crippen LogP contribution in [-0.2, 0) is 0 Å². The van der Waals surface area contributed by atoms with E-state index in [1.807, 2.05) is 12.1 Å². The van der Waals surface area contributed by atoms with Gasteiger partial charge in [-0.15, -0.1) is 0 Å². The minimum atomic E-state index is -0.275. The number of aromatic nitrogens is 1. The van der Waals surface area contributed by atoms with Gasteiger partial charge in [0.15, 0.2) is 5.75 Å². The van der Waals surface area contributed by atoms with E-state index < -0.39 is 0 Å². The minimum absolute atomic E-state index is 0.275. The maximum absolute atomic E-state index is 11.4. The Balaban J connectivity index is 2.08. The monoisotopic (exact) mass is 277 g/mol. The Morgan fingerprint density at radius 1 is 1.32 bits per heavy atom. The summed E-state index contributed by atoms with van der Waals surface area (Å²) in [7, 11) is 1.54. The molecule has 0 unspecified atom stereocenters. The Morgan fingerprint density at radius 2 is 2.11 bits per heavy atom. The summed E-state index contributed by atoms with van der Waals surface area (Å²) in [6, 6.07) is 10.3. The second-order valence-electron chi connectivity index (χ2n) is 3.64. The second-order valence-corrected chi connectivity index (χ2v) is 4.05. The Hall–Kier alpha value is -2.27. The lowest BCUT2D eigenvalue weighted by Gasteiger charge is -2.09. The smallest absolute Gasteiger partial charge is 0.269 e. The van der Waals surface area contributed by atoms with Gasteiger partial charge >= 0.3 is 0 Å². The van der Waals surface area contributed by atoms with E-state index in [0.717, 1.165) is 0 Å². The van der Waals surface area contributed by atoms with Crippen molar-refractivity contribution in [3.8, 4) is 5.75 Å². The predicted octanol–water partition coefficient (Wildman–Crippen LogP) is 2.50. The molecular weight excluding hydrogens is 266 g/mol. The first-order valence-corrected chi connectivity index (χ1v) is 5.94. The molecule has 5 nitrogen and oxygen atoms in total. The van der Waals surface area contributed by atoms with Gasteiger partial charge in [0, 0.05) is 25.4 Å². The van der Waals surface area contributed by atoms with Crippen LogP contribution in [0.25, 0.3) is 0 Å². The number of rotatable bonds is 4. The lowest BCUT2D eigenvalue weighted by atomic mass is 10.3. The number of hydrogen-bond acceptors (Lipinski definition) is 4. The van der Waals surface area contributed by atoms with E-state index in [4.69, 9.17) is 16.4 Å². The lowest BCUT2D eigenvalue weighted by Crippen LogP contribution is -2.19. The summed E-state index contributed by atoms with van der Waals surface area (Å²) in [6.07, 6.45) is 1.49. The second kappa shape index (κ2) is 6.06. The fourth-order valence-corrected chi connectivity index (χ4v) is 1.56. The van der Waals surface area contributed by atoms with Gasteiger partial charge in [0.1, 0.15) is 5.69 Å². The van der Waals surface area contributed by atoms with Crippen molar-refractivity contribution in [2.75, 3.05) is 12.5 Å². The summed E-state index contributed by atoms with van der Waals surface area (Å²) in [6.45, 7) is 0. The molecule has 0 radical (unpaired) electrons. The van der Waals surface area contributed by atoms with E-state index in [0.29, 0.717) is 16.5 Å². The van der Waals surface area contributed by atoms with Crippen LogP contribution in [0.15, 0.2) is 42.6 Å². The maximum atomic E-state index is 11.4. The summed E-state index contributed by atoms with van der Waals surface area (Å²) in [4.78, 5) is 20.7. The molecule has 2 aromatic rings. The van der Waals surface area contributed by atoms with Gasteiger partial charge in [0.05, 0.1) is 10.7 Å². The summed E-state index contributed by atoms with van der Waals surface area (Å²) in [5.41, 5.74) is 3.64. The normalized spacial score (nSPS) is 9.79. The van der Waals surface area contributed by atoms with Gasteiger partial charge in [-0.05, 0) is 12.1 Å². The molecule has 1 heterocycles. The topological polar surface area (TPSA) is 63.2 Å². The summed E-state index contributed by atoms with van der Waals surface area (Å²) < 4.78 is 0. The standard InChI is InChI=1S/C13H12ClN3O2/c1-15-13(18)12-8-9(6-7-16-12)19-17-11-5-3-2-4-10(11)14/h2-8,17H,1H3,(H,15,18). The molecule has 0 aliphatic carbocycles. The fourth-order valence-electron chi connectivity index (χ4n) is 1.38. The first kappa shape index (κ1) is 13.2. The van der Waals surface area contributed by atoms with E-state index in [9.17, 15) is 4.79 Å². The Kier molecular flexibility index (Phi) is 4.20. The number of amides is 1. The summed E-state index contributed by atoms with van der Waals surface area (Å²) >= 11 is 5.98. The van der Waals surface area contributed by atoms with Crippen molar-refractivity contribution < 1.29 is 9.63 Å². The molecule has 98 valence electrons. The molecule has 0 atom stereocenters. The van der Waals surface area contributed by atoms with E-state index in [-0.39, 0.29) is 11.6 Å². The van der Waals surface area contributed by atoms with Crippen LogP contribution in [0.5, 0.6) is 5.75 Å². The molecule has 2 rings (SSSR count). The SMILES string of the molecule is CNC(=O)c1cc(ONc2ccccc2Cl)ccn1. The number of benzene rings is 1. The van der Waals surface area contributed by atoms with Crippen molar-refractivity contribution in [2.24, 2.45) is 0 Å². The van der Waals surface area contributed by atoms with E-state index in [1.54, 1.807) is 25.2 Å². The molecular formula is C13H12ClN3O2. The van der Waals surface area contributed by atoms with Crippen molar-refractivity contribution in [3.05, 3.63) is 53.3 Å². The number of para-hydroxylation sites is 1. The highest BCUT2D eigenvalue weighted by Gasteiger charge is 2.06. The number of nitrogens with zero attached hydrogens (tertiary/aromatic N) is 1. The molecule has 0 saturated carbocycles. The first-order chi connectivity index (χ1) is 9.20. The molecule has 19 heavy (non-hydrogen) atoms. The molecule has 0 saturated heterocycles. The van der Waals surface area contributed by atoms with Crippen molar-refractivity contribution in [1.29, 1.82) is 0 Å². The van der Waals surface area contributed by atoms with Gasteiger partial charge in [0.25, 0.3) is 5.91 Å². The van der Waals surface area contributed by atoms with E-state index in [1.165, 1.54) is 12.3 Å². The van der Waals surface area contributed by atoms with Crippen LogP contribution >= 0.6 is 11.6 Å². The fraction of sp³-hybridized carbons (Fsp3) is 0.0769. The van der Waals surface area contributed by atoms with Crippen molar-refractivity contribution in [3.63, 3.8) is 0 Å². The van der Waals surface area contributed by atoms with Gasteiger partial charge in [-0.2, -0.15) is 0 Å². The molecule has 1 amide bonds. The number of nitrogens with one attached hydrogen (secondary N) is 2. The third kappa shape index (κ3) is 3.35. The predicted molar refractivity (Wildman–Crippen MR) is 73.3 cm³/mol. The van der Waals surface area contributed by atoms with Gasteiger partial charge in [-0.3, -0.25) is 9.78 Å². The molecule has 6 heteroatoms. The van der Waals surface area contributed by atoms with Crippen LogP contribution in [0, 0.1) is 0 Å². The molecule has 0 bridgehead atoms. The van der Waals surface area contributed by atoms with Crippen LogP contribution in [0.2, 0.25) is 5.02 Å². The summed E-state index contributed by atoms with van der Waals surface area (Å²) in [5, 5.41) is 3.04. The highest BCUT2D eigenvalue weighted by Crippen LogP contribution is 2.21. The van der Waals surface area contributed by atoms with Gasteiger partial charge < -0.3 is 10.2 Å². The Morgan fingerprint density at radius 3 is 2.84 bits per heavy atom. The third-order valence-corrected chi connectivity index (χ3v) is 2.67.